The van der Waals surface area contributed by atoms with Crippen molar-refractivity contribution in [2.24, 2.45) is 11.8 Å². The first-order chi connectivity index (χ1) is 9.79. The lowest BCUT2D eigenvalue weighted by atomic mass is 9.74. The van der Waals surface area contributed by atoms with Gasteiger partial charge in [-0.1, -0.05) is 42.5 Å². The van der Waals surface area contributed by atoms with Crippen molar-refractivity contribution in [3.8, 4) is 0 Å². The smallest absolute Gasteiger partial charge is 0.407 e. The fourth-order valence-corrected chi connectivity index (χ4v) is 3.35. The van der Waals surface area contributed by atoms with E-state index in [1.54, 1.807) is 0 Å². The number of ether oxygens (including phenoxy) is 1. The Hall–Kier alpha value is -1.77. The molecule has 2 aliphatic carbocycles. The van der Waals surface area contributed by atoms with Crippen LogP contribution in [0.25, 0.3) is 0 Å². The third-order valence-electron chi connectivity index (χ3n) is 4.25. The van der Waals surface area contributed by atoms with Gasteiger partial charge in [0.1, 0.15) is 6.61 Å². The van der Waals surface area contributed by atoms with Crippen LogP contribution in [0.5, 0.6) is 0 Å². The molecule has 3 unspecified atom stereocenters. The summed E-state index contributed by atoms with van der Waals surface area (Å²) < 4.78 is 5.28. The molecule has 1 aromatic rings. The van der Waals surface area contributed by atoms with E-state index >= 15 is 0 Å². The molecule has 3 heteroatoms. The number of allylic oxidation sites excluding steroid dienone is 2. The fourth-order valence-electron chi connectivity index (χ4n) is 3.35. The van der Waals surface area contributed by atoms with E-state index in [4.69, 9.17) is 4.74 Å². The van der Waals surface area contributed by atoms with Crippen LogP contribution in [0.4, 0.5) is 4.79 Å². The van der Waals surface area contributed by atoms with Gasteiger partial charge >= 0.3 is 6.09 Å². The van der Waals surface area contributed by atoms with E-state index < -0.39 is 0 Å². The maximum absolute atomic E-state index is 11.9. The molecule has 0 spiro atoms. The lowest BCUT2D eigenvalue weighted by Gasteiger charge is -2.36. The summed E-state index contributed by atoms with van der Waals surface area (Å²) in [6, 6.07) is 10.0. The van der Waals surface area contributed by atoms with E-state index in [1.807, 2.05) is 30.3 Å². The minimum absolute atomic E-state index is 0.270. The number of amides is 1. The van der Waals surface area contributed by atoms with Gasteiger partial charge in [0.05, 0.1) is 0 Å². The van der Waals surface area contributed by atoms with Crippen LogP contribution in [0.2, 0.25) is 0 Å². The highest BCUT2D eigenvalue weighted by Crippen LogP contribution is 2.35. The second kappa shape index (κ2) is 6.12. The lowest BCUT2D eigenvalue weighted by molar-refractivity contribution is 0.127. The normalized spacial score (nSPS) is 27.9. The number of benzene rings is 1. The highest BCUT2D eigenvalue weighted by Gasteiger charge is 2.30. The van der Waals surface area contributed by atoms with Crippen LogP contribution in [0.15, 0.2) is 42.5 Å². The fraction of sp³-hybridized carbons (Fsp3) is 0.471. The molecule has 1 saturated carbocycles. The molecule has 3 nitrogen and oxygen atoms in total. The molecule has 0 radical (unpaired) electrons. The van der Waals surface area contributed by atoms with Crippen molar-refractivity contribution in [3.05, 3.63) is 48.0 Å². The van der Waals surface area contributed by atoms with E-state index in [9.17, 15) is 4.79 Å². The summed E-state index contributed by atoms with van der Waals surface area (Å²) in [6.45, 7) is 0.339. The summed E-state index contributed by atoms with van der Waals surface area (Å²) in [6.07, 6.45) is 8.89. The second-order valence-electron chi connectivity index (χ2n) is 5.90. The monoisotopic (exact) mass is 271 g/mol. The van der Waals surface area contributed by atoms with Crippen LogP contribution in [0.1, 0.15) is 31.2 Å². The second-order valence-corrected chi connectivity index (χ2v) is 5.90. The molecular formula is C17H21NO2. The minimum atomic E-state index is -0.289. The van der Waals surface area contributed by atoms with Gasteiger partial charge in [0.15, 0.2) is 0 Å². The SMILES string of the molecule is O=C(NC1CC2C=CCC(C2)C1)OCc1ccccc1. The number of nitrogens with one attached hydrogen (secondary N) is 1. The first-order valence-electron chi connectivity index (χ1n) is 7.43. The Bertz CT molecular complexity index is 483. The summed E-state index contributed by atoms with van der Waals surface area (Å²) in [5.74, 6) is 1.38. The summed E-state index contributed by atoms with van der Waals surface area (Å²) in [5.41, 5.74) is 1.02. The van der Waals surface area contributed by atoms with E-state index in [0.717, 1.165) is 30.7 Å². The molecule has 1 aromatic carbocycles. The molecule has 2 aliphatic rings. The third-order valence-corrected chi connectivity index (χ3v) is 4.25. The molecular weight excluding hydrogens is 250 g/mol. The zero-order valence-corrected chi connectivity index (χ0v) is 11.6. The largest absolute Gasteiger partial charge is 0.445 e. The van der Waals surface area contributed by atoms with Gasteiger partial charge in [0, 0.05) is 6.04 Å². The molecule has 1 amide bonds. The van der Waals surface area contributed by atoms with Gasteiger partial charge in [-0.3, -0.25) is 0 Å². The van der Waals surface area contributed by atoms with E-state index in [2.05, 4.69) is 17.5 Å². The minimum Gasteiger partial charge on any atom is -0.445 e. The van der Waals surface area contributed by atoms with Gasteiger partial charge in [-0.15, -0.1) is 0 Å². The van der Waals surface area contributed by atoms with Crippen molar-refractivity contribution in [2.45, 2.75) is 38.3 Å². The maximum atomic E-state index is 11.9. The highest BCUT2D eigenvalue weighted by molar-refractivity contribution is 5.67. The van der Waals surface area contributed by atoms with Gasteiger partial charge in [-0.2, -0.15) is 0 Å². The average molecular weight is 271 g/mol. The Kier molecular flexibility index (Phi) is 4.05. The highest BCUT2D eigenvalue weighted by atomic mass is 16.5. The molecule has 2 bridgehead atoms. The number of hydrogen-bond donors (Lipinski definition) is 1. The van der Waals surface area contributed by atoms with E-state index in [-0.39, 0.29) is 12.1 Å². The standard InChI is InChI=1S/C17H21NO2/c19-17(20-12-13-5-2-1-3-6-13)18-16-10-14-7-4-8-15(9-14)11-16/h1-7,14-16H,8-12H2,(H,18,19). The van der Waals surface area contributed by atoms with Gasteiger partial charge in [-0.25, -0.2) is 4.79 Å². The molecule has 3 atom stereocenters. The summed E-state index contributed by atoms with van der Waals surface area (Å²) in [4.78, 5) is 11.9. The zero-order chi connectivity index (χ0) is 13.8. The summed E-state index contributed by atoms with van der Waals surface area (Å²) in [7, 11) is 0. The van der Waals surface area contributed by atoms with E-state index in [1.165, 1.54) is 6.42 Å². The molecule has 0 aromatic heterocycles. The molecule has 0 heterocycles. The Morgan fingerprint density at radius 2 is 2.05 bits per heavy atom. The predicted octanol–water partition coefficient (Wildman–Crippen LogP) is 3.66. The van der Waals surface area contributed by atoms with Gasteiger partial charge in [0.2, 0.25) is 0 Å². The predicted molar refractivity (Wildman–Crippen MR) is 78.1 cm³/mol. The Morgan fingerprint density at radius 3 is 2.85 bits per heavy atom. The third kappa shape index (κ3) is 3.41. The van der Waals surface area contributed by atoms with Gasteiger partial charge in [0.25, 0.3) is 0 Å². The van der Waals surface area contributed by atoms with Crippen LogP contribution < -0.4 is 5.32 Å². The van der Waals surface area contributed by atoms with Crippen LogP contribution in [0, 0.1) is 11.8 Å². The zero-order valence-electron chi connectivity index (χ0n) is 11.6. The van der Waals surface area contributed by atoms with Crippen LogP contribution in [-0.4, -0.2) is 12.1 Å². The molecule has 0 aliphatic heterocycles. The summed E-state index contributed by atoms with van der Waals surface area (Å²) in [5, 5.41) is 3.02. The average Bonchev–Trinajstić information content (AvgIpc) is 2.46. The molecule has 1 fully saturated rings. The molecule has 106 valence electrons. The number of alkyl carbamates (subject to hydrolysis) is 1. The molecule has 20 heavy (non-hydrogen) atoms. The van der Waals surface area contributed by atoms with Crippen molar-refractivity contribution >= 4 is 6.09 Å². The Labute approximate surface area is 120 Å². The first kappa shape index (κ1) is 13.2. The van der Waals surface area contributed by atoms with Crippen LogP contribution in [-0.2, 0) is 11.3 Å². The lowest BCUT2D eigenvalue weighted by Crippen LogP contribution is -2.41. The number of rotatable bonds is 3. The number of fused-ring (bicyclic) bond motifs is 2. The van der Waals surface area contributed by atoms with E-state index in [0.29, 0.717) is 12.5 Å². The summed E-state index contributed by atoms with van der Waals surface area (Å²) >= 11 is 0. The molecule has 1 N–H and O–H groups in total. The quantitative estimate of drug-likeness (QED) is 0.852. The number of carbonyl (C=O) groups excluding carboxylic acids is 1. The topological polar surface area (TPSA) is 38.3 Å². The van der Waals surface area contributed by atoms with Crippen LogP contribution >= 0.6 is 0 Å². The van der Waals surface area contributed by atoms with Crippen LogP contribution in [0.3, 0.4) is 0 Å². The van der Waals surface area contributed by atoms with Gasteiger partial charge in [-0.05, 0) is 43.1 Å². The molecule has 0 saturated heterocycles. The number of carbonyl (C=O) groups is 1. The van der Waals surface area contributed by atoms with Crippen molar-refractivity contribution in [1.82, 2.24) is 5.32 Å². The van der Waals surface area contributed by atoms with Gasteiger partial charge < -0.3 is 10.1 Å². The Morgan fingerprint density at radius 1 is 1.20 bits per heavy atom. The van der Waals surface area contributed by atoms with Crippen molar-refractivity contribution in [3.63, 3.8) is 0 Å². The number of hydrogen-bond acceptors (Lipinski definition) is 2. The maximum Gasteiger partial charge on any atom is 0.407 e. The Balaban J connectivity index is 1.46. The van der Waals surface area contributed by atoms with Crippen molar-refractivity contribution in [2.75, 3.05) is 0 Å². The molecule has 3 rings (SSSR count). The first-order valence-corrected chi connectivity index (χ1v) is 7.43. The van der Waals surface area contributed by atoms with Crippen molar-refractivity contribution in [1.29, 1.82) is 0 Å². The van der Waals surface area contributed by atoms with Crippen molar-refractivity contribution < 1.29 is 9.53 Å².